The van der Waals surface area contributed by atoms with Crippen LogP contribution in [0.3, 0.4) is 0 Å². The first-order valence-electron chi connectivity index (χ1n) is 24.2. The molecule has 0 unspecified atom stereocenters. The topological polar surface area (TPSA) is 389 Å². The molecule has 72 heavy (non-hydrogen) atoms. The van der Waals surface area contributed by atoms with Crippen molar-refractivity contribution in [2.45, 2.75) is 170 Å². The van der Waals surface area contributed by atoms with Crippen molar-refractivity contribution in [3.63, 3.8) is 0 Å². The fourth-order valence-corrected chi connectivity index (χ4v) is 7.23. The Balaban J connectivity index is 5.80. The summed E-state index contributed by atoms with van der Waals surface area (Å²) < 4.78 is 10.2. The van der Waals surface area contributed by atoms with Crippen molar-refractivity contribution in [1.29, 1.82) is 0 Å². The van der Waals surface area contributed by atoms with Crippen LogP contribution in [-0.2, 0) is 62.2 Å². The molecule has 0 aliphatic heterocycles. The van der Waals surface area contributed by atoms with Gasteiger partial charge in [-0.3, -0.25) is 52.7 Å². The van der Waals surface area contributed by atoms with Crippen LogP contribution in [0.15, 0.2) is 0 Å². The van der Waals surface area contributed by atoms with Crippen LogP contribution in [0.1, 0.15) is 128 Å². The maximum Gasteiger partial charge on any atom is 0.303 e. The van der Waals surface area contributed by atoms with Gasteiger partial charge in [0.2, 0.25) is 53.2 Å². The van der Waals surface area contributed by atoms with Crippen LogP contribution in [0.2, 0.25) is 0 Å². The molecule has 0 aromatic rings. The largest absolute Gasteiger partial charge is 0.481 e. The number of unbranched alkanes of at least 4 members (excludes halogenated alkanes) is 1. The minimum absolute atomic E-state index is 0.0101. The average molecular weight is 1030 g/mol. The zero-order chi connectivity index (χ0) is 55.5. The number of aliphatic hydroxyl groups is 1. The first-order valence-corrected chi connectivity index (χ1v) is 24.2. The van der Waals surface area contributed by atoms with Gasteiger partial charge in [-0.25, -0.2) is 0 Å². The Labute approximate surface area is 422 Å². The highest BCUT2D eigenvalue weighted by Gasteiger charge is 2.38. The molecular weight excluding hydrogens is 947 g/mol. The van der Waals surface area contributed by atoms with E-state index in [-0.39, 0.29) is 69.7 Å². The lowest BCUT2D eigenvalue weighted by Gasteiger charge is -2.34. The predicted molar refractivity (Wildman–Crippen MR) is 261 cm³/mol. The summed E-state index contributed by atoms with van der Waals surface area (Å²) in [6.45, 7) is 19.2. The molecule has 412 valence electrons. The number of aliphatic carboxylic acids is 2. The molecule has 9 amide bonds. The number of carbonyl (C=O) groups is 11. The molecule has 25 heteroatoms. The quantitative estimate of drug-likeness (QED) is 0.0325. The molecular formula is C47H83N9O16. The number of ether oxygens (including phenoxy) is 2. The number of carboxylic acid groups (broad SMARTS) is 2. The molecule has 0 spiro atoms. The van der Waals surface area contributed by atoms with Gasteiger partial charge in [0.1, 0.15) is 48.9 Å². The van der Waals surface area contributed by atoms with Gasteiger partial charge in [0.25, 0.3) is 0 Å². The van der Waals surface area contributed by atoms with E-state index in [1.807, 2.05) is 20.8 Å². The number of hydrogen-bond acceptors (Lipinski definition) is 14. The summed E-state index contributed by atoms with van der Waals surface area (Å²) in [7, 11) is 0. The second-order valence-electron chi connectivity index (χ2n) is 20.2. The molecule has 0 heterocycles. The lowest BCUT2D eigenvalue weighted by Crippen LogP contribution is -2.60. The minimum atomic E-state index is -1.64. The Hall–Kier alpha value is -5.95. The smallest absolute Gasteiger partial charge is 0.303 e. The van der Waals surface area contributed by atoms with Crippen molar-refractivity contribution in [1.82, 2.24) is 42.5 Å². The fraction of sp³-hybridized carbons (Fsp3) is 0.766. The van der Waals surface area contributed by atoms with Gasteiger partial charge in [-0.2, -0.15) is 0 Å². The first kappa shape index (κ1) is 66.0. The molecule has 0 radical (unpaired) electrons. The van der Waals surface area contributed by atoms with E-state index in [2.05, 4.69) is 42.5 Å². The minimum Gasteiger partial charge on any atom is -0.481 e. The van der Waals surface area contributed by atoms with Crippen LogP contribution in [0.25, 0.3) is 0 Å². The maximum atomic E-state index is 13.6. The average Bonchev–Trinajstić information content (AvgIpc) is 3.26. The summed E-state index contributed by atoms with van der Waals surface area (Å²) in [5.41, 5.74) is 4.53. The fourth-order valence-electron chi connectivity index (χ4n) is 7.23. The molecule has 0 fully saturated rings. The number of nitrogens with one attached hydrogen (secondary N) is 8. The number of carboxylic acids is 2. The Bertz CT molecular complexity index is 1840. The van der Waals surface area contributed by atoms with Gasteiger partial charge in [-0.1, -0.05) is 62.3 Å². The van der Waals surface area contributed by atoms with E-state index in [9.17, 15) is 63.0 Å². The van der Waals surface area contributed by atoms with Crippen molar-refractivity contribution in [2.24, 2.45) is 28.4 Å². The van der Waals surface area contributed by atoms with Crippen molar-refractivity contribution in [3.05, 3.63) is 0 Å². The summed E-state index contributed by atoms with van der Waals surface area (Å²) in [5.74, 6) is -10.6. The van der Waals surface area contributed by atoms with Crippen molar-refractivity contribution < 1.29 is 77.5 Å². The van der Waals surface area contributed by atoms with Gasteiger partial charge in [-0.05, 0) is 69.6 Å². The van der Waals surface area contributed by atoms with Crippen molar-refractivity contribution in [3.8, 4) is 0 Å². The van der Waals surface area contributed by atoms with E-state index in [0.29, 0.717) is 12.8 Å². The number of hydrogen-bond donors (Lipinski definition) is 12. The molecule has 13 N–H and O–H groups in total. The molecule has 7 atom stereocenters. The molecule has 0 aromatic carbocycles. The van der Waals surface area contributed by atoms with E-state index in [0.717, 1.165) is 0 Å². The van der Waals surface area contributed by atoms with Gasteiger partial charge >= 0.3 is 11.9 Å². The van der Waals surface area contributed by atoms with E-state index < -0.39 is 139 Å². The van der Waals surface area contributed by atoms with Crippen LogP contribution < -0.4 is 48.3 Å². The van der Waals surface area contributed by atoms with Crippen molar-refractivity contribution >= 4 is 65.1 Å². The molecule has 0 rings (SSSR count). The van der Waals surface area contributed by atoms with Crippen LogP contribution in [0.4, 0.5) is 0 Å². The zero-order valence-corrected chi connectivity index (χ0v) is 43.8. The van der Waals surface area contributed by atoms with E-state index >= 15 is 0 Å². The normalized spacial score (nSPS) is 14.5. The molecule has 0 saturated carbocycles. The Morgan fingerprint density at radius 3 is 1.44 bits per heavy atom. The predicted octanol–water partition coefficient (Wildman–Crippen LogP) is -1.28. The Morgan fingerprint density at radius 1 is 0.528 bits per heavy atom. The van der Waals surface area contributed by atoms with Gasteiger partial charge in [0, 0.05) is 24.8 Å². The summed E-state index contributed by atoms with van der Waals surface area (Å²) in [6, 6.07) is -9.38. The molecule has 0 bridgehead atoms. The maximum absolute atomic E-state index is 13.6. The summed E-state index contributed by atoms with van der Waals surface area (Å²) in [6.07, 6.45) is -1.16. The molecule has 0 saturated heterocycles. The molecule has 0 aliphatic carbocycles. The van der Waals surface area contributed by atoms with Crippen LogP contribution in [-0.4, -0.2) is 162 Å². The van der Waals surface area contributed by atoms with Crippen LogP contribution in [0.5, 0.6) is 0 Å². The molecule has 25 nitrogen and oxygen atoms in total. The van der Waals surface area contributed by atoms with Gasteiger partial charge in [-0.15, -0.1) is 0 Å². The van der Waals surface area contributed by atoms with E-state index in [4.69, 9.17) is 20.3 Å². The third kappa shape index (κ3) is 27.6. The second-order valence-corrected chi connectivity index (χ2v) is 20.2. The SMILES string of the molecule is CC(C)[C@H](NC(=O)[C@@H](NC(=O)C(C)(C)CC(C)(C)C)C(C)C)C(=O)N[C@@H](C)C(=O)N[C@@H](C)C(=O)N[C@@H](CCC(=O)O)C(=O)N[C@@H](CCC(=O)O)C(=O)N[C@@H](CCCCNC(=O)COCCOCCO)C(N)=O. The standard InChI is InChI=1S/C47H83N9O16/c1-26(2)36(55-44(69)37(27(3)4)56-45(70)47(10,11)25-46(7,8)9)43(68)51-28(5)39(64)50-29(6)40(65)53-31(15-17-34(59)60)42(67)54-32(16-18-35(61)62)41(66)52-30(38(48)63)14-12-13-19-49-33(58)24-72-23-22-71-21-20-57/h26-32,36-37,57H,12-25H2,1-11H3,(H2,48,63)(H,49,58)(H,50,64)(H,51,68)(H,52,66)(H,53,65)(H,54,67)(H,55,69)(H,56,70)(H,59,60)(H,61,62)/t28-,29-,30-,31-,32-,36-,37-/m0/s1. The highest BCUT2D eigenvalue weighted by atomic mass is 16.5. The van der Waals surface area contributed by atoms with E-state index in [1.54, 1.807) is 41.5 Å². The third-order valence-corrected chi connectivity index (χ3v) is 10.9. The summed E-state index contributed by atoms with van der Waals surface area (Å²) in [4.78, 5) is 141. The number of primary amides is 1. The van der Waals surface area contributed by atoms with E-state index in [1.165, 1.54) is 13.8 Å². The zero-order valence-electron chi connectivity index (χ0n) is 43.8. The third-order valence-electron chi connectivity index (χ3n) is 10.9. The monoisotopic (exact) mass is 1030 g/mol. The number of aliphatic hydroxyl groups excluding tert-OH is 1. The van der Waals surface area contributed by atoms with Crippen LogP contribution >= 0.6 is 0 Å². The van der Waals surface area contributed by atoms with Gasteiger partial charge < -0.3 is 73.1 Å². The molecule has 0 aromatic heterocycles. The van der Waals surface area contributed by atoms with Crippen molar-refractivity contribution in [2.75, 3.05) is 39.6 Å². The van der Waals surface area contributed by atoms with Gasteiger partial charge in [0.05, 0.1) is 26.4 Å². The lowest BCUT2D eigenvalue weighted by molar-refractivity contribution is -0.140. The van der Waals surface area contributed by atoms with Gasteiger partial charge in [0.15, 0.2) is 0 Å². The number of amides is 9. The van der Waals surface area contributed by atoms with Crippen LogP contribution in [0, 0.1) is 22.7 Å². The Morgan fingerprint density at radius 2 is 0.972 bits per heavy atom. The second kappa shape index (κ2) is 32.9. The summed E-state index contributed by atoms with van der Waals surface area (Å²) >= 11 is 0. The molecule has 0 aliphatic rings. The first-order chi connectivity index (χ1) is 33.3. The highest BCUT2D eigenvalue weighted by Crippen LogP contribution is 2.33. The number of nitrogens with two attached hydrogens (primary N) is 1. The number of rotatable bonds is 36. The number of carbonyl (C=O) groups excluding carboxylic acids is 9. The summed E-state index contributed by atoms with van der Waals surface area (Å²) in [5, 5.41) is 47.5. The lowest BCUT2D eigenvalue weighted by atomic mass is 9.75. The Kier molecular flexibility index (Phi) is 30.2. The highest BCUT2D eigenvalue weighted by molar-refractivity contribution is 5.98.